The zero-order valence-corrected chi connectivity index (χ0v) is 18.3. The first kappa shape index (κ1) is 20.6. The Labute approximate surface area is 191 Å². The molecule has 1 aliphatic rings. The third-order valence-electron chi connectivity index (χ3n) is 5.82. The molecule has 1 N–H and O–H groups in total. The molecule has 33 heavy (non-hydrogen) atoms. The fourth-order valence-electron chi connectivity index (χ4n) is 3.79. The molecule has 3 aromatic heterocycles. The lowest BCUT2D eigenvalue weighted by Crippen LogP contribution is -2.14. The van der Waals surface area contributed by atoms with Gasteiger partial charge in [-0.2, -0.15) is 0 Å². The Morgan fingerprint density at radius 2 is 2.09 bits per heavy atom. The van der Waals surface area contributed by atoms with Crippen molar-refractivity contribution in [3.63, 3.8) is 0 Å². The summed E-state index contributed by atoms with van der Waals surface area (Å²) in [4.78, 5) is 21.7. The summed E-state index contributed by atoms with van der Waals surface area (Å²) < 4.78 is 3.81. The van der Waals surface area contributed by atoms with Crippen LogP contribution >= 0.6 is 0 Å². The summed E-state index contributed by atoms with van der Waals surface area (Å²) in [7, 11) is 0. The number of benzene rings is 1. The Kier molecular flexibility index (Phi) is 5.68. The maximum atomic E-state index is 12.9. The number of aromatic nitrogens is 6. The number of imidazole rings is 1. The van der Waals surface area contributed by atoms with Gasteiger partial charge in [0.2, 0.25) is 0 Å². The summed E-state index contributed by atoms with van der Waals surface area (Å²) in [6.07, 6.45) is 10.8. The summed E-state index contributed by atoms with van der Waals surface area (Å²) in [5.74, 6) is 6.85. The number of anilines is 1. The molecule has 8 heteroatoms. The van der Waals surface area contributed by atoms with Gasteiger partial charge in [-0.1, -0.05) is 24.5 Å². The second-order valence-electron chi connectivity index (χ2n) is 7.98. The Morgan fingerprint density at radius 3 is 2.91 bits per heavy atom. The Hall–Kier alpha value is -4.25. The van der Waals surface area contributed by atoms with Crippen molar-refractivity contribution in [2.45, 2.75) is 38.6 Å². The van der Waals surface area contributed by atoms with E-state index in [0.29, 0.717) is 29.7 Å². The van der Waals surface area contributed by atoms with Gasteiger partial charge >= 0.3 is 0 Å². The van der Waals surface area contributed by atoms with Crippen LogP contribution in [0.15, 0.2) is 61.4 Å². The molecule has 4 aromatic rings. The topological polar surface area (TPSA) is 90.5 Å². The van der Waals surface area contributed by atoms with E-state index >= 15 is 0 Å². The summed E-state index contributed by atoms with van der Waals surface area (Å²) in [5.41, 5.74) is 3.78. The minimum absolute atomic E-state index is 0.286. The van der Waals surface area contributed by atoms with Gasteiger partial charge in [-0.25, -0.2) is 4.98 Å². The molecule has 164 valence electrons. The lowest BCUT2D eigenvalue weighted by atomic mass is 9.83. The van der Waals surface area contributed by atoms with Crippen LogP contribution in [0.2, 0.25) is 0 Å². The number of pyridine rings is 1. The molecule has 5 rings (SSSR count). The fourth-order valence-corrected chi connectivity index (χ4v) is 3.79. The maximum absolute atomic E-state index is 12.9. The molecular formula is C25H23N7O. The van der Waals surface area contributed by atoms with Gasteiger partial charge in [0, 0.05) is 29.6 Å². The van der Waals surface area contributed by atoms with Gasteiger partial charge in [0.1, 0.15) is 12.0 Å². The molecule has 0 aliphatic heterocycles. The monoisotopic (exact) mass is 437 g/mol. The van der Waals surface area contributed by atoms with Gasteiger partial charge in [-0.15, -0.1) is 16.1 Å². The quantitative estimate of drug-likeness (QED) is 0.459. The van der Waals surface area contributed by atoms with Gasteiger partial charge in [-0.05, 0) is 44.0 Å². The van der Waals surface area contributed by atoms with Gasteiger partial charge in [0.25, 0.3) is 5.91 Å². The Morgan fingerprint density at radius 1 is 1.18 bits per heavy atom. The van der Waals surface area contributed by atoms with E-state index in [1.54, 1.807) is 31.8 Å². The predicted molar refractivity (Wildman–Crippen MR) is 125 cm³/mol. The van der Waals surface area contributed by atoms with Crippen molar-refractivity contribution in [2.75, 3.05) is 5.32 Å². The highest BCUT2D eigenvalue weighted by Gasteiger charge is 2.22. The van der Waals surface area contributed by atoms with Crippen LogP contribution in [-0.2, 0) is 6.54 Å². The largest absolute Gasteiger partial charge is 0.321 e. The maximum Gasteiger partial charge on any atom is 0.274 e. The molecule has 1 amide bonds. The molecule has 3 heterocycles. The van der Waals surface area contributed by atoms with Crippen molar-refractivity contribution in [2.24, 2.45) is 0 Å². The highest BCUT2D eigenvalue weighted by atomic mass is 16.1. The number of hydrogen-bond donors (Lipinski definition) is 1. The number of hydrogen-bond acceptors (Lipinski definition) is 5. The molecule has 0 saturated heterocycles. The van der Waals surface area contributed by atoms with E-state index in [2.05, 4.69) is 37.3 Å². The minimum Gasteiger partial charge on any atom is -0.321 e. The summed E-state index contributed by atoms with van der Waals surface area (Å²) in [5, 5.41) is 11.1. The number of rotatable bonds is 6. The highest BCUT2D eigenvalue weighted by molar-refractivity contribution is 6.03. The Balaban J connectivity index is 1.33. The molecule has 1 fully saturated rings. The van der Waals surface area contributed by atoms with E-state index in [1.165, 1.54) is 19.3 Å². The van der Waals surface area contributed by atoms with Crippen molar-refractivity contribution < 1.29 is 4.79 Å². The number of carbonyl (C=O) groups excluding carboxylic acids is 1. The molecule has 0 radical (unpaired) electrons. The van der Waals surface area contributed by atoms with Crippen LogP contribution in [0.5, 0.6) is 0 Å². The second kappa shape index (κ2) is 9.09. The van der Waals surface area contributed by atoms with Gasteiger partial charge in [-0.3, -0.25) is 9.78 Å². The average Bonchev–Trinajstić information content (AvgIpc) is 3.47. The number of carbonyl (C=O) groups is 1. The van der Waals surface area contributed by atoms with Crippen molar-refractivity contribution in [1.29, 1.82) is 0 Å². The minimum atomic E-state index is -0.286. The van der Waals surface area contributed by atoms with Crippen molar-refractivity contribution in [3.8, 4) is 28.9 Å². The van der Waals surface area contributed by atoms with E-state index in [4.69, 9.17) is 0 Å². The molecule has 0 bridgehead atoms. The van der Waals surface area contributed by atoms with Crippen LogP contribution in [0.3, 0.4) is 0 Å². The van der Waals surface area contributed by atoms with Crippen molar-refractivity contribution >= 4 is 11.6 Å². The van der Waals surface area contributed by atoms with Crippen LogP contribution < -0.4 is 5.32 Å². The summed E-state index contributed by atoms with van der Waals surface area (Å²) in [6, 6.07) is 11.1. The first-order valence-corrected chi connectivity index (χ1v) is 10.9. The van der Waals surface area contributed by atoms with Crippen LogP contribution in [-0.4, -0.2) is 35.2 Å². The fraction of sp³-hybridized carbons (Fsp3) is 0.240. The molecule has 0 spiro atoms. The highest BCUT2D eigenvalue weighted by Crippen LogP contribution is 2.35. The predicted octanol–water partition coefficient (Wildman–Crippen LogP) is 4.07. The van der Waals surface area contributed by atoms with Crippen molar-refractivity contribution in [3.05, 3.63) is 72.8 Å². The van der Waals surface area contributed by atoms with Crippen LogP contribution in [0.1, 0.15) is 48.3 Å². The molecular weight excluding hydrogens is 414 g/mol. The molecule has 0 unspecified atom stereocenters. The second-order valence-corrected chi connectivity index (χ2v) is 7.98. The lowest BCUT2D eigenvalue weighted by Gasteiger charge is -2.22. The van der Waals surface area contributed by atoms with Crippen LogP contribution in [0.25, 0.3) is 17.1 Å². The standard InChI is InChI=1S/C25H23N7O/c1-2-3-12-31-17-28-30-24(31)19-8-5-9-20(13-19)29-25(33)22-14-21(10-11-26-22)32-15-23(27-16-32)18-6-4-7-18/h5,8-11,13-18H,4,6-7,12H2,1H3,(H,29,33). The van der Waals surface area contributed by atoms with Crippen LogP contribution in [0.4, 0.5) is 5.69 Å². The normalized spacial score (nSPS) is 13.1. The van der Waals surface area contributed by atoms with E-state index < -0.39 is 0 Å². The summed E-state index contributed by atoms with van der Waals surface area (Å²) >= 11 is 0. The summed E-state index contributed by atoms with van der Waals surface area (Å²) in [6.45, 7) is 2.30. The molecule has 1 saturated carbocycles. The molecule has 1 aromatic carbocycles. The van der Waals surface area contributed by atoms with Crippen LogP contribution in [0, 0.1) is 11.8 Å². The third-order valence-corrected chi connectivity index (χ3v) is 5.82. The number of nitrogens with one attached hydrogen (secondary N) is 1. The van der Waals surface area contributed by atoms with E-state index in [1.807, 2.05) is 45.7 Å². The van der Waals surface area contributed by atoms with E-state index in [9.17, 15) is 4.79 Å². The first-order valence-electron chi connectivity index (χ1n) is 10.9. The smallest absolute Gasteiger partial charge is 0.274 e. The number of amides is 1. The third kappa shape index (κ3) is 4.39. The molecule has 8 nitrogen and oxygen atoms in total. The SMILES string of the molecule is CC#CCn1cnnc1-c1cccc(NC(=O)c2cc(-n3cnc(C4CCC4)c3)ccn2)c1. The first-order chi connectivity index (χ1) is 16.2. The van der Waals surface area contributed by atoms with Crippen molar-refractivity contribution in [1.82, 2.24) is 29.3 Å². The lowest BCUT2D eigenvalue weighted by molar-refractivity contribution is 0.102. The molecule has 1 aliphatic carbocycles. The van der Waals surface area contributed by atoms with Gasteiger partial charge in [0.05, 0.1) is 24.3 Å². The molecule has 0 atom stereocenters. The Bertz CT molecular complexity index is 1350. The van der Waals surface area contributed by atoms with Gasteiger partial charge < -0.3 is 14.5 Å². The average molecular weight is 438 g/mol. The zero-order valence-electron chi connectivity index (χ0n) is 18.3. The number of nitrogens with zero attached hydrogens (tertiary/aromatic N) is 6. The zero-order chi connectivity index (χ0) is 22.6. The van der Waals surface area contributed by atoms with E-state index in [-0.39, 0.29) is 5.91 Å². The van der Waals surface area contributed by atoms with Gasteiger partial charge in [0.15, 0.2) is 5.82 Å². The van der Waals surface area contributed by atoms with E-state index in [0.717, 1.165) is 16.9 Å².